The van der Waals surface area contributed by atoms with Gasteiger partial charge in [-0.05, 0) is 18.3 Å². The molecule has 70 valence electrons. The molecule has 0 N–H and O–H groups in total. The van der Waals surface area contributed by atoms with E-state index >= 15 is 0 Å². The molecule has 0 bridgehead atoms. The highest BCUT2D eigenvalue weighted by Crippen LogP contribution is 2.13. The van der Waals surface area contributed by atoms with Gasteiger partial charge in [-0.1, -0.05) is 0 Å². The zero-order valence-electron chi connectivity index (χ0n) is 7.41. The van der Waals surface area contributed by atoms with Crippen molar-refractivity contribution in [2.24, 2.45) is 0 Å². The average molecular weight is 206 g/mol. The Morgan fingerprint density at radius 1 is 1.50 bits per heavy atom. The van der Waals surface area contributed by atoms with Crippen molar-refractivity contribution in [2.45, 2.75) is 18.1 Å². The first kappa shape index (κ1) is 12.0. The number of hydrogen-bond donors (Lipinski definition) is 0. The Morgan fingerprint density at radius 2 is 2.17 bits per heavy atom. The molecule has 0 aromatic heterocycles. The molecule has 0 aromatic rings. The maximum Gasteiger partial charge on any atom is 0.147 e. The van der Waals surface area contributed by atoms with Crippen LogP contribution in [-0.4, -0.2) is 35.6 Å². The van der Waals surface area contributed by atoms with Crippen LogP contribution in [0.5, 0.6) is 0 Å². The molecule has 0 heterocycles. The Labute approximate surface area is 81.9 Å². The summed E-state index contributed by atoms with van der Waals surface area (Å²) in [5.41, 5.74) is 0. The first-order valence-electron chi connectivity index (χ1n) is 3.74. The molecule has 0 amide bonds. The molecule has 0 saturated carbocycles. The van der Waals surface area contributed by atoms with Crippen LogP contribution in [0.25, 0.3) is 0 Å². The van der Waals surface area contributed by atoms with Gasteiger partial charge in [0.1, 0.15) is 12.1 Å². The van der Waals surface area contributed by atoms with E-state index in [4.69, 9.17) is 0 Å². The number of carbonyl (C=O) groups is 2. The van der Waals surface area contributed by atoms with E-state index in [1.807, 2.05) is 12.5 Å². The first-order chi connectivity index (χ1) is 5.76. The molecule has 12 heavy (non-hydrogen) atoms. The molecule has 0 aliphatic carbocycles. The Kier molecular flexibility index (Phi) is 7.70. The summed E-state index contributed by atoms with van der Waals surface area (Å²) >= 11 is 3.12. The van der Waals surface area contributed by atoms with Crippen molar-refractivity contribution >= 4 is 35.6 Å². The molecule has 2 nitrogen and oxygen atoms in total. The van der Waals surface area contributed by atoms with Crippen LogP contribution in [0.3, 0.4) is 0 Å². The summed E-state index contributed by atoms with van der Waals surface area (Å²) in [7, 11) is 0. The normalized spacial score (nSPS) is 12.5. The first-order valence-corrected chi connectivity index (χ1v) is 6.42. The molecule has 0 aromatic carbocycles. The van der Waals surface area contributed by atoms with Gasteiger partial charge in [0.25, 0.3) is 0 Å². The van der Waals surface area contributed by atoms with E-state index in [1.165, 1.54) is 11.8 Å². The molecule has 1 unspecified atom stereocenters. The Morgan fingerprint density at radius 3 is 2.58 bits per heavy atom. The van der Waals surface area contributed by atoms with Crippen molar-refractivity contribution in [1.29, 1.82) is 0 Å². The van der Waals surface area contributed by atoms with Gasteiger partial charge < -0.3 is 4.79 Å². The highest BCUT2D eigenvalue weighted by Gasteiger charge is 2.15. The van der Waals surface area contributed by atoms with Gasteiger partial charge in [0.15, 0.2) is 0 Å². The predicted molar refractivity (Wildman–Crippen MR) is 56.0 cm³/mol. The number of thioether (sulfide) groups is 2. The third kappa shape index (κ3) is 4.83. The minimum atomic E-state index is -0.116. The van der Waals surface area contributed by atoms with E-state index in [0.29, 0.717) is 12.8 Å². The van der Waals surface area contributed by atoms with Gasteiger partial charge in [-0.2, -0.15) is 23.5 Å². The van der Waals surface area contributed by atoms with Crippen molar-refractivity contribution in [1.82, 2.24) is 0 Å². The number of hydrogen-bond acceptors (Lipinski definition) is 4. The van der Waals surface area contributed by atoms with Crippen molar-refractivity contribution in [3.05, 3.63) is 0 Å². The van der Waals surface area contributed by atoms with Gasteiger partial charge in [0, 0.05) is 12.8 Å². The fourth-order valence-electron chi connectivity index (χ4n) is 0.810. The van der Waals surface area contributed by atoms with Crippen molar-refractivity contribution in [3.63, 3.8) is 0 Å². The standard InChI is InChI=1S/C8H14O2S2/c1-11-6-4-7(10)8(12-2)3-5-9/h5,8H,3-4,6H2,1-2H3. The Hall–Kier alpha value is 0.0400. The number of Topliss-reactive ketones (excluding diaryl/α,β-unsaturated/α-hetero) is 1. The lowest BCUT2D eigenvalue weighted by molar-refractivity contribution is -0.119. The van der Waals surface area contributed by atoms with Crippen LogP contribution in [0.15, 0.2) is 0 Å². The summed E-state index contributed by atoms with van der Waals surface area (Å²) in [6.45, 7) is 0. The lowest BCUT2D eigenvalue weighted by atomic mass is 10.2. The molecule has 0 fully saturated rings. The fourth-order valence-corrected chi connectivity index (χ4v) is 1.87. The number of aldehydes is 1. The smallest absolute Gasteiger partial charge is 0.147 e. The molecule has 0 rings (SSSR count). The second-order valence-electron chi connectivity index (χ2n) is 2.34. The monoisotopic (exact) mass is 206 g/mol. The van der Waals surface area contributed by atoms with Crippen LogP contribution in [-0.2, 0) is 9.59 Å². The van der Waals surface area contributed by atoms with Gasteiger partial charge in [-0.3, -0.25) is 4.79 Å². The zero-order valence-corrected chi connectivity index (χ0v) is 9.04. The van der Waals surface area contributed by atoms with Gasteiger partial charge in [-0.25, -0.2) is 0 Å². The van der Waals surface area contributed by atoms with Crippen LogP contribution in [0.4, 0.5) is 0 Å². The molecular weight excluding hydrogens is 192 g/mol. The molecule has 1 atom stereocenters. The number of carbonyl (C=O) groups excluding carboxylic acids is 2. The minimum Gasteiger partial charge on any atom is -0.303 e. The summed E-state index contributed by atoms with van der Waals surface area (Å²) < 4.78 is 0. The summed E-state index contributed by atoms with van der Waals surface area (Å²) in [6.07, 6.45) is 5.60. The molecule has 0 radical (unpaired) electrons. The maximum absolute atomic E-state index is 11.3. The van der Waals surface area contributed by atoms with E-state index < -0.39 is 0 Å². The summed E-state index contributed by atoms with van der Waals surface area (Å²) in [5.74, 6) is 1.05. The Balaban J connectivity index is 3.76. The van der Waals surface area contributed by atoms with E-state index in [-0.39, 0.29) is 11.0 Å². The van der Waals surface area contributed by atoms with Crippen LogP contribution < -0.4 is 0 Å². The second-order valence-corrected chi connectivity index (χ2v) is 4.36. The third-order valence-electron chi connectivity index (χ3n) is 1.51. The van der Waals surface area contributed by atoms with Gasteiger partial charge in [0.05, 0.1) is 5.25 Å². The lowest BCUT2D eigenvalue weighted by Gasteiger charge is -2.08. The van der Waals surface area contributed by atoms with E-state index in [2.05, 4.69) is 0 Å². The third-order valence-corrected chi connectivity index (χ3v) is 3.14. The lowest BCUT2D eigenvalue weighted by Crippen LogP contribution is -2.17. The second kappa shape index (κ2) is 7.68. The van der Waals surface area contributed by atoms with Crippen LogP contribution in [0.2, 0.25) is 0 Å². The van der Waals surface area contributed by atoms with E-state index in [1.54, 1.807) is 11.8 Å². The van der Waals surface area contributed by atoms with Gasteiger partial charge >= 0.3 is 0 Å². The summed E-state index contributed by atoms with van der Waals surface area (Å²) in [6, 6.07) is 0. The number of ketones is 1. The quantitative estimate of drug-likeness (QED) is 0.593. The van der Waals surface area contributed by atoms with Crippen LogP contribution in [0.1, 0.15) is 12.8 Å². The van der Waals surface area contributed by atoms with Crippen LogP contribution >= 0.6 is 23.5 Å². The van der Waals surface area contributed by atoms with Gasteiger partial charge in [-0.15, -0.1) is 0 Å². The van der Waals surface area contributed by atoms with Crippen molar-refractivity contribution < 1.29 is 9.59 Å². The topological polar surface area (TPSA) is 34.1 Å². The van der Waals surface area contributed by atoms with Crippen molar-refractivity contribution in [2.75, 3.05) is 18.3 Å². The highest BCUT2D eigenvalue weighted by molar-refractivity contribution is 8.00. The Bertz CT molecular complexity index is 148. The van der Waals surface area contributed by atoms with Crippen molar-refractivity contribution in [3.8, 4) is 0 Å². The average Bonchev–Trinajstić information content (AvgIpc) is 2.10. The highest BCUT2D eigenvalue weighted by atomic mass is 32.2. The zero-order chi connectivity index (χ0) is 9.40. The van der Waals surface area contributed by atoms with E-state index in [9.17, 15) is 9.59 Å². The summed E-state index contributed by atoms with van der Waals surface area (Å²) in [4.78, 5) is 21.5. The van der Waals surface area contributed by atoms with Gasteiger partial charge in [0.2, 0.25) is 0 Å². The maximum atomic E-state index is 11.3. The predicted octanol–water partition coefficient (Wildman–Crippen LogP) is 1.63. The SMILES string of the molecule is CSCCC(=O)C(CC=O)SC. The molecule has 0 saturated heterocycles. The molecule has 0 aliphatic heterocycles. The molecule has 0 aliphatic rings. The molecule has 4 heteroatoms. The molecule has 0 spiro atoms. The minimum absolute atomic E-state index is 0.116. The van der Waals surface area contributed by atoms with E-state index in [0.717, 1.165) is 12.0 Å². The molecular formula is C8H14O2S2. The van der Waals surface area contributed by atoms with Crippen LogP contribution in [0, 0.1) is 0 Å². The fraction of sp³-hybridized carbons (Fsp3) is 0.750. The summed E-state index contributed by atoms with van der Waals surface area (Å²) in [5, 5.41) is -0.116. The largest absolute Gasteiger partial charge is 0.303 e. The number of rotatable bonds is 7.